The second kappa shape index (κ2) is 9.41. The molecular formula is C15H26O. The second-order valence-electron chi connectivity index (χ2n) is 4.47. The van der Waals surface area contributed by atoms with Crippen molar-refractivity contribution in [3.63, 3.8) is 0 Å². The third-order valence-electron chi connectivity index (χ3n) is 2.81. The Morgan fingerprint density at radius 2 is 1.38 bits per heavy atom. The first-order valence-electron chi connectivity index (χ1n) is 6.14. The molecule has 0 aliphatic rings. The molecule has 0 spiro atoms. The highest BCUT2D eigenvalue weighted by Crippen LogP contribution is 2.10. The minimum Gasteiger partial charge on any atom is -0.392 e. The van der Waals surface area contributed by atoms with Gasteiger partial charge in [-0.2, -0.15) is 0 Å². The van der Waals surface area contributed by atoms with Crippen LogP contribution in [0.3, 0.4) is 0 Å². The van der Waals surface area contributed by atoms with E-state index in [1.54, 1.807) is 0 Å². The predicted octanol–water partition coefficient (Wildman–Crippen LogP) is 4.40. The Bertz CT molecular complexity index is 269. The van der Waals surface area contributed by atoms with Crippen LogP contribution in [0.2, 0.25) is 0 Å². The largest absolute Gasteiger partial charge is 0.392 e. The van der Waals surface area contributed by atoms with E-state index in [1.165, 1.54) is 17.6 Å². The monoisotopic (exact) mass is 222 g/mol. The summed E-state index contributed by atoms with van der Waals surface area (Å²) in [6, 6.07) is 0. The smallest absolute Gasteiger partial charge is 0.0639 e. The molecule has 0 heterocycles. The number of allylic oxidation sites excluding steroid dienone is 5. The number of hydrogen-bond acceptors (Lipinski definition) is 1. The van der Waals surface area contributed by atoms with E-state index in [4.69, 9.17) is 5.11 Å². The zero-order valence-electron chi connectivity index (χ0n) is 11.2. The fourth-order valence-electron chi connectivity index (χ4n) is 1.40. The highest BCUT2D eigenvalue weighted by atomic mass is 16.3. The standard InChI is InChI=1S/C15H26O/c1-5-13(2)8-6-9-14(3)10-7-11-15(4)12-16/h5,9,11,16H,6-8,10,12H2,1-4H3/b13-5+,14-9+,15-11?. The Morgan fingerprint density at radius 3 is 1.88 bits per heavy atom. The van der Waals surface area contributed by atoms with Crippen LogP contribution >= 0.6 is 0 Å². The van der Waals surface area contributed by atoms with Gasteiger partial charge in [0.25, 0.3) is 0 Å². The van der Waals surface area contributed by atoms with Gasteiger partial charge in [-0.3, -0.25) is 0 Å². The zero-order chi connectivity index (χ0) is 12.4. The van der Waals surface area contributed by atoms with Crippen molar-refractivity contribution in [3.8, 4) is 0 Å². The first-order chi connectivity index (χ1) is 7.60. The van der Waals surface area contributed by atoms with Crippen molar-refractivity contribution in [2.75, 3.05) is 6.61 Å². The molecule has 0 aromatic heterocycles. The van der Waals surface area contributed by atoms with Crippen molar-refractivity contribution >= 4 is 0 Å². The summed E-state index contributed by atoms with van der Waals surface area (Å²) >= 11 is 0. The lowest BCUT2D eigenvalue weighted by atomic mass is 10.1. The lowest BCUT2D eigenvalue weighted by Gasteiger charge is -2.01. The van der Waals surface area contributed by atoms with E-state index in [-0.39, 0.29) is 6.61 Å². The lowest BCUT2D eigenvalue weighted by molar-refractivity contribution is 0.331. The SMILES string of the molecule is C/C=C(\C)CC/C=C(\C)CCC=C(C)CO. The fourth-order valence-corrected chi connectivity index (χ4v) is 1.40. The first-order valence-corrected chi connectivity index (χ1v) is 6.14. The highest BCUT2D eigenvalue weighted by molar-refractivity contribution is 5.05. The van der Waals surface area contributed by atoms with E-state index in [2.05, 4.69) is 39.0 Å². The van der Waals surface area contributed by atoms with Crippen LogP contribution < -0.4 is 0 Å². The van der Waals surface area contributed by atoms with Crippen LogP contribution in [-0.2, 0) is 0 Å². The van der Waals surface area contributed by atoms with E-state index in [0.29, 0.717) is 0 Å². The van der Waals surface area contributed by atoms with Gasteiger partial charge in [0, 0.05) is 0 Å². The minimum absolute atomic E-state index is 0.184. The van der Waals surface area contributed by atoms with Crippen molar-refractivity contribution < 1.29 is 5.11 Å². The maximum atomic E-state index is 8.84. The molecule has 0 saturated carbocycles. The summed E-state index contributed by atoms with van der Waals surface area (Å²) in [6.45, 7) is 8.61. The van der Waals surface area contributed by atoms with E-state index in [0.717, 1.165) is 24.8 Å². The molecule has 0 aliphatic carbocycles. The molecule has 0 fully saturated rings. The highest BCUT2D eigenvalue weighted by Gasteiger charge is 1.91. The Balaban J connectivity index is 3.80. The van der Waals surface area contributed by atoms with Crippen LogP contribution in [0.4, 0.5) is 0 Å². The van der Waals surface area contributed by atoms with E-state index >= 15 is 0 Å². The molecule has 1 heteroatoms. The molecule has 0 aliphatic heterocycles. The van der Waals surface area contributed by atoms with Gasteiger partial charge in [0.2, 0.25) is 0 Å². The Hall–Kier alpha value is -0.820. The van der Waals surface area contributed by atoms with Crippen molar-refractivity contribution in [1.82, 2.24) is 0 Å². The molecule has 0 aromatic rings. The van der Waals surface area contributed by atoms with Gasteiger partial charge in [-0.1, -0.05) is 34.9 Å². The summed E-state index contributed by atoms with van der Waals surface area (Å²) in [4.78, 5) is 0. The topological polar surface area (TPSA) is 20.2 Å². The number of hydrogen-bond donors (Lipinski definition) is 1. The Morgan fingerprint density at radius 1 is 0.875 bits per heavy atom. The molecule has 92 valence electrons. The maximum Gasteiger partial charge on any atom is 0.0639 e. The third-order valence-corrected chi connectivity index (χ3v) is 2.81. The molecule has 0 atom stereocenters. The summed E-state index contributed by atoms with van der Waals surface area (Å²) in [6.07, 6.45) is 11.1. The number of aliphatic hydroxyl groups is 1. The number of rotatable bonds is 7. The first kappa shape index (κ1) is 15.2. The van der Waals surface area contributed by atoms with Crippen molar-refractivity contribution in [1.29, 1.82) is 0 Å². The summed E-state index contributed by atoms with van der Waals surface area (Å²) < 4.78 is 0. The fraction of sp³-hybridized carbons (Fsp3) is 0.600. The van der Waals surface area contributed by atoms with Crippen molar-refractivity contribution in [2.45, 2.75) is 53.4 Å². The van der Waals surface area contributed by atoms with Crippen LogP contribution in [-0.4, -0.2) is 11.7 Å². The van der Waals surface area contributed by atoms with Crippen LogP contribution in [0.25, 0.3) is 0 Å². The summed E-state index contributed by atoms with van der Waals surface area (Å²) in [5.41, 5.74) is 3.98. The van der Waals surface area contributed by atoms with Gasteiger partial charge in [-0.05, 0) is 53.4 Å². The molecule has 0 aromatic carbocycles. The van der Waals surface area contributed by atoms with Gasteiger partial charge < -0.3 is 5.11 Å². The van der Waals surface area contributed by atoms with Gasteiger partial charge >= 0.3 is 0 Å². The van der Waals surface area contributed by atoms with E-state index in [9.17, 15) is 0 Å². The van der Waals surface area contributed by atoms with Gasteiger partial charge in [-0.25, -0.2) is 0 Å². The van der Waals surface area contributed by atoms with E-state index in [1.807, 2.05) is 6.92 Å². The summed E-state index contributed by atoms with van der Waals surface area (Å²) in [5, 5.41) is 8.84. The lowest BCUT2D eigenvalue weighted by Crippen LogP contribution is -1.84. The van der Waals surface area contributed by atoms with Gasteiger partial charge in [0.1, 0.15) is 0 Å². The summed E-state index contributed by atoms with van der Waals surface area (Å²) in [7, 11) is 0. The molecule has 0 unspecified atom stereocenters. The van der Waals surface area contributed by atoms with Gasteiger partial charge in [0.15, 0.2) is 0 Å². The second-order valence-corrected chi connectivity index (χ2v) is 4.47. The van der Waals surface area contributed by atoms with Gasteiger partial charge in [0.05, 0.1) is 6.61 Å². The maximum absolute atomic E-state index is 8.84. The average Bonchev–Trinajstić information content (AvgIpc) is 2.28. The average molecular weight is 222 g/mol. The zero-order valence-corrected chi connectivity index (χ0v) is 11.2. The van der Waals surface area contributed by atoms with Crippen molar-refractivity contribution in [2.24, 2.45) is 0 Å². The van der Waals surface area contributed by atoms with Crippen LogP contribution in [0.15, 0.2) is 34.9 Å². The van der Waals surface area contributed by atoms with Crippen LogP contribution in [0, 0.1) is 0 Å². The van der Waals surface area contributed by atoms with Crippen LogP contribution in [0.1, 0.15) is 53.4 Å². The molecule has 0 radical (unpaired) electrons. The molecule has 0 amide bonds. The predicted molar refractivity (Wildman–Crippen MR) is 72.5 cm³/mol. The quantitative estimate of drug-likeness (QED) is 0.633. The van der Waals surface area contributed by atoms with Crippen LogP contribution in [0.5, 0.6) is 0 Å². The third kappa shape index (κ3) is 8.49. The molecule has 16 heavy (non-hydrogen) atoms. The van der Waals surface area contributed by atoms with E-state index < -0.39 is 0 Å². The molecule has 1 nitrogen and oxygen atoms in total. The molecule has 1 N–H and O–H groups in total. The Kier molecular flexibility index (Phi) is 8.93. The summed E-state index contributed by atoms with van der Waals surface area (Å²) in [5.74, 6) is 0. The normalized spacial score (nSPS) is 14.4. The minimum atomic E-state index is 0.184. The molecule has 0 saturated heterocycles. The van der Waals surface area contributed by atoms with Gasteiger partial charge in [-0.15, -0.1) is 0 Å². The molecule has 0 bridgehead atoms. The van der Waals surface area contributed by atoms with Crippen molar-refractivity contribution in [3.05, 3.63) is 34.9 Å². The Labute approximate surface area is 101 Å². The number of aliphatic hydroxyl groups excluding tert-OH is 1. The molecular weight excluding hydrogens is 196 g/mol. The molecule has 0 rings (SSSR count).